The van der Waals surface area contributed by atoms with Crippen LogP contribution in [-0.4, -0.2) is 41.6 Å². The van der Waals surface area contributed by atoms with E-state index in [2.05, 4.69) is 10.2 Å². The maximum atomic E-state index is 12.5. The maximum Gasteiger partial charge on any atom is 0.257 e. The Kier molecular flexibility index (Phi) is 3.98. The van der Waals surface area contributed by atoms with Gasteiger partial charge in [-0.3, -0.25) is 9.69 Å². The third-order valence-electron chi connectivity index (χ3n) is 3.92. The molecule has 2 heterocycles. The summed E-state index contributed by atoms with van der Waals surface area (Å²) in [6, 6.07) is 9.39. The Bertz CT molecular complexity index is 499. The summed E-state index contributed by atoms with van der Waals surface area (Å²) in [5, 5.41) is 3.68. The van der Waals surface area contributed by atoms with Gasteiger partial charge >= 0.3 is 0 Å². The number of hydrogen-bond acceptors (Lipinski definition) is 3. The van der Waals surface area contributed by atoms with E-state index in [-0.39, 0.29) is 11.9 Å². The van der Waals surface area contributed by atoms with E-state index in [9.17, 15) is 4.79 Å². The number of rotatable bonds is 3. The van der Waals surface area contributed by atoms with E-state index in [1.54, 1.807) is 4.90 Å². The van der Waals surface area contributed by atoms with Crippen LogP contribution in [0.3, 0.4) is 0 Å². The Labute approximate surface area is 124 Å². The number of nitrogens with one attached hydrogen (secondary N) is 1. The van der Waals surface area contributed by atoms with Gasteiger partial charge in [-0.15, -0.1) is 0 Å². The van der Waals surface area contributed by atoms with Crippen molar-refractivity contribution in [1.82, 2.24) is 10.2 Å². The minimum Gasteiger partial charge on any atom is -0.349 e. The van der Waals surface area contributed by atoms with Crippen LogP contribution >= 0.6 is 12.2 Å². The molecular formula is C15H19N3OS. The van der Waals surface area contributed by atoms with Gasteiger partial charge in [0.1, 0.15) is 6.04 Å². The summed E-state index contributed by atoms with van der Waals surface area (Å²) in [6.45, 7) is 2.93. The minimum atomic E-state index is -0.208. The quantitative estimate of drug-likeness (QED) is 0.860. The van der Waals surface area contributed by atoms with Gasteiger partial charge in [-0.2, -0.15) is 0 Å². The van der Waals surface area contributed by atoms with Crippen molar-refractivity contribution in [3.8, 4) is 0 Å². The number of carbonyl (C=O) groups is 1. The first kappa shape index (κ1) is 13.5. The molecule has 0 aromatic heterocycles. The molecule has 0 saturated carbocycles. The minimum absolute atomic E-state index is 0.0618. The van der Waals surface area contributed by atoms with Gasteiger partial charge in [0.15, 0.2) is 5.11 Å². The largest absolute Gasteiger partial charge is 0.349 e. The molecule has 0 spiro atoms. The second-order valence-corrected chi connectivity index (χ2v) is 5.76. The van der Waals surface area contributed by atoms with Crippen molar-refractivity contribution in [2.24, 2.45) is 0 Å². The van der Waals surface area contributed by atoms with Crippen LogP contribution in [0.2, 0.25) is 0 Å². The number of hydrogen-bond donors (Lipinski definition) is 1. The molecule has 1 aromatic rings. The third kappa shape index (κ3) is 2.69. The van der Waals surface area contributed by atoms with Gasteiger partial charge in [-0.1, -0.05) is 24.6 Å². The van der Waals surface area contributed by atoms with Crippen LogP contribution < -0.4 is 10.2 Å². The number of thiocarbonyl (C=S) groups is 1. The number of benzene rings is 1. The van der Waals surface area contributed by atoms with Crippen LogP contribution in [-0.2, 0) is 4.79 Å². The predicted octanol–water partition coefficient (Wildman–Crippen LogP) is 1.76. The van der Waals surface area contributed by atoms with Gasteiger partial charge in [0.2, 0.25) is 0 Å². The Balaban J connectivity index is 1.70. The van der Waals surface area contributed by atoms with E-state index in [1.807, 2.05) is 30.3 Å². The first-order chi connectivity index (χ1) is 9.75. The van der Waals surface area contributed by atoms with E-state index in [0.717, 1.165) is 25.3 Å². The molecule has 1 atom stereocenters. The molecule has 106 valence electrons. The van der Waals surface area contributed by atoms with Crippen molar-refractivity contribution in [2.75, 3.05) is 24.5 Å². The van der Waals surface area contributed by atoms with Crippen LogP contribution in [0.4, 0.5) is 5.69 Å². The predicted molar refractivity (Wildman–Crippen MR) is 83.7 cm³/mol. The average molecular weight is 289 g/mol. The zero-order chi connectivity index (χ0) is 13.9. The van der Waals surface area contributed by atoms with Crippen LogP contribution in [0.25, 0.3) is 0 Å². The molecular weight excluding hydrogens is 270 g/mol. The van der Waals surface area contributed by atoms with Gasteiger partial charge in [0, 0.05) is 6.54 Å². The van der Waals surface area contributed by atoms with Gasteiger partial charge in [-0.25, -0.2) is 0 Å². The summed E-state index contributed by atoms with van der Waals surface area (Å²) in [5.74, 6) is 0.0618. The number of amides is 1. The molecule has 1 amide bonds. The lowest BCUT2D eigenvalue weighted by Gasteiger charge is -2.28. The van der Waals surface area contributed by atoms with E-state index in [1.165, 1.54) is 19.3 Å². The first-order valence-electron chi connectivity index (χ1n) is 7.17. The highest BCUT2D eigenvalue weighted by Gasteiger charge is 2.37. The number of piperidine rings is 1. The standard InChI is InChI=1S/C15H19N3OS/c19-14-13(11-17-9-5-2-6-10-17)16-15(20)18(14)12-7-3-1-4-8-12/h1,3-4,7-8,13H,2,5-6,9-11H2,(H,16,20). The maximum absolute atomic E-state index is 12.5. The summed E-state index contributed by atoms with van der Waals surface area (Å²) >= 11 is 5.32. The van der Waals surface area contributed by atoms with Crippen molar-refractivity contribution in [2.45, 2.75) is 25.3 Å². The lowest BCUT2D eigenvalue weighted by molar-refractivity contribution is -0.118. The highest BCUT2D eigenvalue weighted by Crippen LogP contribution is 2.20. The van der Waals surface area contributed by atoms with Crippen LogP contribution in [0.1, 0.15) is 19.3 Å². The molecule has 0 radical (unpaired) electrons. The van der Waals surface area contributed by atoms with Crippen molar-refractivity contribution >= 4 is 28.9 Å². The van der Waals surface area contributed by atoms with Crippen molar-refractivity contribution < 1.29 is 4.79 Å². The molecule has 2 saturated heterocycles. The average Bonchev–Trinajstić information content (AvgIpc) is 2.75. The highest BCUT2D eigenvalue weighted by atomic mass is 32.1. The van der Waals surface area contributed by atoms with Gasteiger partial charge in [0.25, 0.3) is 5.91 Å². The molecule has 5 heteroatoms. The summed E-state index contributed by atoms with van der Waals surface area (Å²) in [4.78, 5) is 16.5. The van der Waals surface area contributed by atoms with Crippen LogP contribution in [0.5, 0.6) is 0 Å². The van der Waals surface area contributed by atoms with Gasteiger partial charge < -0.3 is 10.2 Å². The van der Waals surface area contributed by atoms with Gasteiger partial charge in [0.05, 0.1) is 5.69 Å². The SMILES string of the molecule is O=C1C(CN2CCCCC2)NC(=S)N1c1ccccc1. The lowest BCUT2D eigenvalue weighted by Crippen LogP contribution is -2.44. The summed E-state index contributed by atoms with van der Waals surface area (Å²) in [5.41, 5.74) is 0.844. The number of anilines is 1. The lowest BCUT2D eigenvalue weighted by atomic mass is 10.1. The fraction of sp³-hybridized carbons (Fsp3) is 0.467. The van der Waals surface area contributed by atoms with Crippen LogP contribution in [0, 0.1) is 0 Å². The smallest absolute Gasteiger partial charge is 0.257 e. The summed E-state index contributed by atoms with van der Waals surface area (Å²) < 4.78 is 0. The van der Waals surface area contributed by atoms with Crippen LogP contribution in [0.15, 0.2) is 30.3 Å². The fourth-order valence-corrected chi connectivity index (χ4v) is 3.21. The molecule has 20 heavy (non-hydrogen) atoms. The second-order valence-electron chi connectivity index (χ2n) is 5.37. The van der Waals surface area contributed by atoms with E-state index >= 15 is 0 Å². The molecule has 3 rings (SSSR count). The normalized spacial score (nSPS) is 24.0. The van der Waals surface area contributed by atoms with E-state index in [0.29, 0.717) is 5.11 Å². The first-order valence-corrected chi connectivity index (χ1v) is 7.58. The fourth-order valence-electron chi connectivity index (χ4n) is 2.88. The zero-order valence-corrected chi connectivity index (χ0v) is 12.2. The Morgan fingerprint density at radius 2 is 1.85 bits per heavy atom. The summed E-state index contributed by atoms with van der Waals surface area (Å²) in [7, 11) is 0. The van der Waals surface area contributed by atoms with Crippen molar-refractivity contribution in [3.05, 3.63) is 30.3 Å². The third-order valence-corrected chi connectivity index (χ3v) is 4.22. The number of carbonyl (C=O) groups excluding carboxylic acids is 1. The molecule has 4 nitrogen and oxygen atoms in total. The number of likely N-dealkylation sites (tertiary alicyclic amines) is 1. The summed E-state index contributed by atoms with van der Waals surface area (Å²) in [6.07, 6.45) is 3.76. The highest BCUT2D eigenvalue weighted by molar-refractivity contribution is 7.80. The Morgan fingerprint density at radius 3 is 2.55 bits per heavy atom. The molecule has 2 aliphatic heterocycles. The van der Waals surface area contributed by atoms with E-state index < -0.39 is 0 Å². The molecule has 0 aliphatic carbocycles. The second kappa shape index (κ2) is 5.89. The Hall–Kier alpha value is -1.46. The Morgan fingerprint density at radius 1 is 1.15 bits per heavy atom. The molecule has 1 aromatic carbocycles. The molecule has 2 aliphatic rings. The van der Waals surface area contributed by atoms with E-state index in [4.69, 9.17) is 12.2 Å². The van der Waals surface area contributed by atoms with Crippen molar-refractivity contribution in [3.63, 3.8) is 0 Å². The molecule has 1 unspecified atom stereocenters. The van der Waals surface area contributed by atoms with Crippen molar-refractivity contribution in [1.29, 1.82) is 0 Å². The molecule has 1 N–H and O–H groups in total. The number of nitrogens with zero attached hydrogens (tertiary/aromatic N) is 2. The molecule has 0 bridgehead atoms. The topological polar surface area (TPSA) is 35.6 Å². The monoisotopic (exact) mass is 289 g/mol. The van der Waals surface area contributed by atoms with Gasteiger partial charge in [-0.05, 0) is 50.3 Å². The zero-order valence-electron chi connectivity index (χ0n) is 11.4. The number of para-hydroxylation sites is 1. The molecule has 2 fully saturated rings.